The molecule has 2 heterocycles. The van der Waals surface area contributed by atoms with Gasteiger partial charge in [-0.25, -0.2) is 9.59 Å². The SMILES string of the molecule is CCOC(=O)C1=C(CN2CCN(c3ccccc3OC)CC2)NC(=O)NC1c1ccc(Cl)cc1. The zero-order valence-corrected chi connectivity index (χ0v) is 20.1. The number of para-hydroxylation sites is 2. The Hall–Kier alpha value is -3.23. The van der Waals surface area contributed by atoms with Crippen LogP contribution in [0, 0.1) is 0 Å². The Kier molecular flexibility index (Phi) is 7.59. The van der Waals surface area contributed by atoms with Crippen molar-refractivity contribution in [2.24, 2.45) is 0 Å². The second-order valence-electron chi connectivity index (χ2n) is 8.13. The Labute approximate surface area is 204 Å². The highest BCUT2D eigenvalue weighted by atomic mass is 35.5. The fraction of sp³-hybridized carbons (Fsp3) is 0.360. The summed E-state index contributed by atoms with van der Waals surface area (Å²) in [6.07, 6.45) is 0. The van der Waals surface area contributed by atoms with Crippen LogP contribution in [0.1, 0.15) is 18.5 Å². The molecule has 2 aromatic carbocycles. The second kappa shape index (κ2) is 10.8. The van der Waals surface area contributed by atoms with Gasteiger partial charge in [0.25, 0.3) is 0 Å². The van der Waals surface area contributed by atoms with Crippen molar-refractivity contribution in [1.29, 1.82) is 0 Å². The molecule has 2 aromatic rings. The molecule has 2 amide bonds. The number of amides is 2. The summed E-state index contributed by atoms with van der Waals surface area (Å²) in [4.78, 5) is 30.0. The van der Waals surface area contributed by atoms with Gasteiger partial charge in [-0.2, -0.15) is 0 Å². The van der Waals surface area contributed by atoms with E-state index >= 15 is 0 Å². The average molecular weight is 485 g/mol. The lowest BCUT2D eigenvalue weighted by atomic mass is 9.95. The van der Waals surface area contributed by atoms with Gasteiger partial charge < -0.3 is 25.0 Å². The zero-order valence-electron chi connectivity index (χ0n) is 19.3. The van der Waals surface area contributed by atoms with Crippen LogP contribution in [0.4, 0.5) is 10.5 Å². The second-order valence-corrected chi connectivity index (χ2v) is 8.57. The van der Waals surface area contributed by atoms with Crippen molar-refractivity contribution in [3.05, 3.63) is 70.4 Å². The van der Waals surface area contributed by atoms with Gasteiger partial charge in [-0.05, 0) is 36.8 Å². The zero-order chi connectivity index (χ0) is 24.1. The Balaban J connectivity index is 1.55. The topological polar surface area (TPSA) is 83.1 Å². The lowest BCUT2D eigenvalue weighted by Crippen LogP contribution is -2.51. The number of carbonyl (C=O) groups is 2. The number of nitrogens with one attached hydrogen (secondary N) is 2. The summed E-state index contributed by atoms with van der Waals surface area (Å²) in [7, 11) is 1.68. The summed E-state index contributed by atoms with van der Waals surface area (Å²) in [5.74, 6) is 0.400. The predicted molar refractivity (Wildman–Crippen MR) is 131 cm³/mol. The highest BCUT2D eigenvalue weighted by Gasteiger charge is 2.34. The lowest BCUT2D eigenvalue weighted by Gasteiger charge is -2.38. The van der Waals surface area contributed by atoms with Crippen molar-refractivity contribution in [3.8, 4) is 5.75 Å². The van der Waals surface area contributed by atoms with Crippen LogP contribution in [0.25, 0.3) is 0 Å². The van der Waals surface area contributed by atoms with E-state index < -0.39 is 12.0 Å². The highest BCUT2D eigenvalue weighted by Crippen LogP contribution is 2.31. The molecule has 8 nitrogen and oxygen atoms in total. The maximum Gasteiger partial charge on any atom is 0.338 e. The van der Waals surface area contributed by atoms with E-state index in [-0.39, 0.29) is 12.6 Å². The average Bonchev–Trinajstić information content (AvgIpc) is 2.84. The number of carbonyl (C=O) groups excluding carboxylic acids is 2. The molecule has 34 heavy (non-hydrogen) atoms. The van der Waals surface area contributed by atoms with Crippen LogP contribution in [0.2, 0.25) is 5.02 Å². The molecule has 4 rings (SSSR count). The van der Waals surface area contributed by atoms with Crippen LogP contribution >= 0.6 is 11.6 Å². The molecule has 1 atom stereocenters. The molecule has 9 heteroatoms. The first kappa shape index (κ1) is 23.9. The van der Waals surface area contributed by atoms with Crippen LogP contribution in [0.3, 0.4) is 0 Å². The third-order valence-corrected chi connectivity index (χ3v) is 6.28. The minimum atomic E-state index is -0.616. The van der Waals surface area contributed by atoms with Crippen molar-refractivity contribution in [2.45, 2.75) is 13.0 Å². The standard InChI is InChI=1S/C25H29ClN4O4/c1-3-34-24(31)22-19(27-25(32)28-23(22)17-8-10-18(26)11-9-17)16-29-12-14-30(15-13-29)20-6-4-5-7-21(20)33-2/h4-11,23H,3,12-16H2,1-2H3,(H2,27,28,32). The van der Waals surface area contributed by atoms with Gasteiger partial charge in [0, 0.05) is 43.4 Å². The fourth-order valence-electron chi connectivity index (χ4n) is 4.36. The van der Waals surface area contributed by atoms with E-state index in [1.54, 1.807) is 26.2 Å². The predicted octanol–water partition coefficient (Wildman–Crippen LogP) is 3.34. The third-order valence-electron chi connectivity index (χ3n) is 6.03. The molecular formula is C25H29ClN4O4. The Morgan fingerprint density at radius 3 is 2.47 bits per heavy atom. The molecule has 1 fully saturated rings. The molecule has 2 N–H and O–H groups in total. The number of anilines is 1. The van der Waals surface area contributed by atoms with Gasteiger partial charge in [0.05, 0.1) is 31.0 Å². The smallest absolute Gasteiger partial charge is 0.338 e. The molecule has 0 aromatic heterocycles. The summed E-state index contributed by atoms with van der Waals surface area (Å²) in [5.41, 5.74) is 2.80. The molecule has 0 saturated carbocycles. The summed E-state index contributed by atoms with van der Waals surface area (Å²) >= 11 is 6.04. The molecule has 0 radical (unpaired) electrons. The number of urea groups is 1. The van der Waals surface area contributed by atoms with E-state index in [1.807, 2.05) is 30.3 Å². The third kappa shape index (κ3) is 5.29. The maximum absolute atomic E-state index is 13.0. The molecule has 2 aliphatic heterocycles. The first-order valence-electron chi connectivity index (χ1n) is 11.3. The Bertz CT molecular complexity index is 1060. The monoisotopic (exact) mass is 484 g/mol. The van der Waals surface area contributed by atoms with E-state index in [4.69, 9.17) is 21.1 Å². The molecule has 180 valence electrons. The van der Waals surface area contributed by atoms with Crippen molar-refractivity contribution < 1.29 is 19.1 Å². The molecular weight excluding hydrogens is 456 g/mol. The van der Waals surface area contributed by atoms with E-state index in [0.717, 1.165) is 43.2 Å². The van der Waals surface area contributed by atoms with Gasteiger partial charge in [-0.15, -0.1) is 0 Å². The molecule has 0 bridgehead atoms. The number of rotatable bonds is 7. The quantitative estimate of drug-likeness (QED) is 0.586. The fourth-order valence-corrected chi connectivity index (χ4v) is 4.49. The lowest BCUT2D eigenvalue weighted by molar-refractivity contribution is -0.139. The first-order valence-corrected chi connectivity index (χ1v) is 11.7. The minimum Gasteiger partial charge on any atom is -0.495 e. The summed E-state index contributed by atoms with van der Waals surface area (Å²) in [6, 6.07) is 14.1. The summed E-state index contributed by atoms with van der Waals surface area (Å²) in [5, 5.41) is 6.29. The van der Waals surface area contributed by atoms with Gasteiger partial charge in [0.1, 0.15) is 5.75 Å². The molecule has 0 spiro atoms. The van der Waals surface area contributed by atoms with Crippen molar-refractivity contribution in [1.82, 2.24) is 15.5 Å². The van der Waals surface area contributed by atoms with Crippen molar-refractivity contribution in [2.75, 3.05) is 51.3 Å². The van der Waals surface area contributed by atoms with Crippen LogP contribution in [0.15, 0.2) is 59.8 Å². The first-order chi connectivity index (χ1) is 16.5. The van der Waals surface area contributed by atoms with Crippen LogP contribution in [-0.4, -0.2) is 63.3 Å². The number of halogens is 1. The van der Waals surface area contributed by atoms with E-state index in [9.17, 15) is 9.59 Å². The van der Waals surface area contributed by atoms with Gasteiger partial charge in [-0.3, -0.25) is 4.90 Å². The Morgan fingerprint density at radius 1 is 1.09 bits per heavy atom. The molecule has 1 saturated heterocycles. The maximum atomic E-state index is 13.0. The van der Waals surface area contributed by atoms with Gasteiger partial charge in [0.2, 0.25) is 0 Å². The van der Waals surface area contributed by atoms with Gasteiger partial charge in [-0.1, -0.05) is 35.9 Å². The normalized spacial score (nSPS) is 18.9. The van der Waals surface area contributed by atoms with Crippen LogP contribution < -0.4 is 20.3 Å². The largest absolute Gasteiger partial charge is 0.495 e. The number of hydrogen-bond donors (Lipinski definition) is 2. The van der Waals surface area contributed by atoms with E-state index in [2.05, 4.69) is 26.5 Å². The van der Waals surface area contributed by atoms with Crippen molar-refractivity contribution >= 4 is 29.3 Å². The molecule has 2 aliphatic rings. The number of esters is 1. The molecule has 0 aliphatic carbocycles. The van der Waals surface area contributed by atoms with Crippen molar-refractivity contribution in [3.63, 3.8) is 0 Å². The molecule has 1 unspecified atom stereocenters. The van der Waals surface area contributed by atoms with Crippen LogP contribution in [-0.2, 0) is 9.53 Å². The highest BCUT2D eigenvalue weighted by molar-refractivity contribution is 6.30. The number of methoxy groups -OCH3 is 1. The van der Waals surface area contributed by atoms with Gasteiger partial charge >= 0.3 is 12.0 Å². The number of benzene rings is 2. The number of piperazine rings is 1. The number of nitrogens with zero attached hydrogens (tertiary/aromatic N) is 2. The summed E-state index contributed by atoms with van der Waals surface area (Å²) in [6.45, 7) is 5.59. The number of ether oxygens (including phenoxy) is 2. The van der Waals surface area contributed by atoms with E-state index in [1.165, 1.54) is 0 Å². The van der Waals surface area contributed by atoms with E-state index in [0.29, 0.717) is 22.8 Å². The minimum absolute atomic E-state index is 0.245. The number of hydrogen-bond acceptors (Lipinski definition) is 6. The Morgan fingerprint density at radius 2 is 1.79 bits per heavy atom. The van der Waals surface area contributed by atoms with Crippen LogP contribution in [0.5, 0.6) is 5.75 Å². The van der Waals surface area contributed by atoms with Gasteiger partial charge in [0.15, 0.2) is 0 Å². The summed E-state index contributed by atoms with van der Waals surface area (Å²) < 4.78 is 10.9.